The van der Waals surface area contributed by atoms with Crippen molar-refractivity contribution >= 4 is 0 Å². The van der Waals surface area contributed by atoms with Crippen molar-refractivity contribution in [2.24, 2.45) is 0 Å². The Labute approximate surface area is 106 Å². The fourth-order valence-electron chi connectivity index (χ4n) is 2.00. The van der Waals surface area contributed by atoms with E-state index in [2.05, 4.69) is 47.5 Å². The Hall–Kier alpha value is -1.26. The smallest absolute Gasteiger partial charge is 0.0103 e. The number of rotatable bonds is 7. The first-order chi connectivity index (χ1) is 8.36. The summed E-state index contributed by atoms with van der Waals surface area (Å²) in [7, 11) is 2.05. The molecule has 0 spiro atoms. The van der Waals surface area contributed by atoms with Gasteiger partial charge in [0.2, 0.25) is 0 Å². The van der Waals surface area contributed by atoms with Gasteiger partial charge in [-0.15, -0.1) is 11.8 Å². The lowest BCUT2D eigenvalue weighted by Crippen LogP contribution is -2.24. The minimum atomic E-state index is 0.611. The molecule has 1 nitrogen and oxygen atoms in total. The monoisotopic (exact) mass is 229 g/mol. The van der Waals surface area contributed by atoms with Gasteiger partial charge < -0.3 is 5.32 Å². The molecular weight excluding hydrogens is 206 g/mol. The molecule has 0 aliphatic rings. The van der Waals surface area contributed by atoms with Gasteiger partial charge in [0.05, 0.1) is 0 Å². The van der Waals surface area contributed by atoms with Crippen LogP contribution in [0.2, 0.25) is 0 Å². The fraction of sp³-hybridized carbons (Fsp3) is 0.500. The van der Waals surface area contributed by atoms with Crippen LogP contribution in [0.25, 0.3) is 0 Å². The van der Waals surface area contributed by atoms with E-state index in [1.165, 1.54) is 24.8 Å². The predicted molar refractivity (Wildman–Crippen MR) is 74.9 cm³/mol. The molecule has 0 saturated heterocycles. The second-order valence-electron chi connectivity index (χ2n) is 4.33. The summed E-state index contributed by atoms with van der Waals surface area (Å²) in [5.41, 5.74) is 1.44. The molecule has 1 aromatic rings. The van der Waals surface area contributed by atoms with Crippen LogP contribution in [0, 0.1) is 11.8 Å². The average Bonchev–Trinajstić information content (AvgIpc) is 2.38. The van der Waals surface area contributed by atoms with Crippen LogP contribution in [0.3, 0.4) is 0 Å². The van der Waals surface area contributed by atoms with Crippen LogP contribution in [0.1, 0.15) is 38.2 Å². The maximum absolute atomic E-state index is 3.38. The number of aryl methyl sites for hydroxylation is 1. The topological polar surface area (TPSA) is 12.0 Å². The third kappa shape index (κ3) is 6.14. The molecule has 0 amide bonds. The molecule has 0 bridgehead atoms. The summed E-state index contributed by atoms with van der Waals surface area (Å²) in [6, 6.07) is 11.3. The van der Waals surface area contributed by atoms with Crippen LogP contribution in [0.4, 0.5) is 0 Å². The van der Waals surface area contributed by atoms with Crippen LogP contribution in [0.15, 0.2) is 30.3 Å². The Kier molecular flexibility index (Phi) is 7.18. The third-order valence-electron chi connectivity index (χ3n) is 3.06. The number of benzene rings is 1. The van der Waals surface area contributed by atoms with Crippen LogP contribution in [-0.4, -0.2) is 13.1 Å². The maximum atomic E-state index is 3.38. The molecule has 0 aromatic heterocycles. The number of nitrogens with one attached hydrogen (secondary N) is 1. The molecule has 1 N–H and O–H groups in total. The second kappa shape index (κ2) is 8.84. The van der Waals surface area contributed by atoms with Gasteiger partial charge in [-0.05, 0) is 45.2 Å². The quantitative estimate of drug-likeness (QED) is 0.707. The van der Waals surface area contributed by atoms with Crippen LogP contribution in [-0.2, 0) is 6.42 Å². The molecule has 1 unspecified atom stereocenters. The van der Waals surface area contributed by atoms with Gasteiger partial charge in [0, 0.05) is 12.5 Å². The van der Waals surface area contributed by atoms with Gasteiger partial charge in [0.15, 0.2) is 0 Å². The molecule has 1 aromatic carbocycles. The molecule has 92 valence electrons. The lowest BCUT2D eigenvalue weighted by Gasteiger charge is -2.14. The highest BCUT2D eigenvalue weighted by Crippen LogP contribution is 2.09. The summed E-state index contributed by atoms with van der Waals surface area (Å²) >= 11 is 0. The Morgan fingerprint density at radius 3 is 2.59 bits per heavy atom. The van der Waals surface area contributed by atoms with E-state index in [0.29, 0.717) is 6.04 Å². The van der Waals surface area contributed by atoms with Gasteiger partial charge >= 0.3 is 0 Å². The Morgan fingerprint density at radius 1 is 1.18 bits per heavy atom. The lowest BCUT2D eigenvalue weighted by molar-refractivity contribution is 0.480. The van der Waals surface area contributed by atoms with Gasteiger partial charge in [-0.25, -0.2) is 0 Å². The van der Waals surface area contributed by atoms with Crippen molar-refractivity contribution in [3.8, 4) is 11.8 Å². The van der Waals surface area contributed by atoms with Crippen molar-refractivity contribution in [2.75, 3.05) is 7.05 Å². The Balaban J connectivity index is 2.20. The molecule has 0 aliphatic carbocycles. The van der Waals surface area contributed by atoms with Crippen molar-refractivity contribution in [1.82, 2.24) is 5.32 Å². The highest BCUT2D eigenvalue weighted by molar-refractivity contribution is 5.14. The first-order valence-corrected chi connectivity index (χ1v) is 6.47. The summed E-state index contributed by atoms with van der Waals surface area (Å²) in [6.07, 6.45) is 5.82. The minimum Gasteiger partial charge on any atom is -0.317 e. The third-order valence-corrected chi connectivity index (χ3v) is 3.06. The molecule has 0 aliphatic heterocycles. The lowest BCUT2D eigenvalue weighted by atomic mass is 10.0. The largest absolute Gasteiger partial charge is 0.317 e. The highest BCUT2D eigenvalue weighted by Gasteiger charge is 2.04. The van der Waals surface area contributed by atoms with Crippen molar-refractivity contribution in [2.45, 2.75) is 45.1 Å². The zero-order chi connectivity index (χ0) is 12.3. The first kappa shape index (κ1) is 13.8. The number of hydrogen-bond acceptors (Lipinski definition) is 1. The molecule has 0 saturated carbocycles. The Bertz CT molecular complexity index is 345. The van der Waals surface area contributed by atoms with Gasteiger partial charge in [-0.1, -0.05) is 30.3 Å². The molecule has 1 heteroatoms. The van der Waals surface area contributed by atoms with Crippen LogP contribution < -0.4 is 5.32 Å². The predicted octanol–water partition coefficient (Wildman–Crippen LogP) is 3.40. The van der Waals surface area contributed by atoms with Crippen molar-refractivity contribution in [3.05, 3.63) is 35.9 Å². The molecule has 1 atom stereocenters. The van der Waals surface area contributed by atoms with Crippen LogP contribution >= 0.6 is 0 Å². The van der Waals surface area contributed by atoms with E-state index in [1.807, 2.05) is 14.0 Å². The maximum Gasteiger partial charge on any atom is 0.0103 e. The molecule has 0 heterocycles. The zero-order valence-electron chi connectivity index (χ0n) is 11.0. The molecule has 17 heavy (non-hydrogen) atoms. The van der Waals surface area contributed by atoms with Gasteiger partial charge in [0.25, 0.3) is 0 Å². The summed E-state index contributed by atoms with van der Waals surface area (Å²) in [4.78, 5) is 0. The first-order valence-electron chi connectivity index (χ1n) is 6.47. The van der Waals surface area contributed by atoms with Gasteiger partial charge in [-0.2, -0.15) is 0 Å². The summed E-state index contributed by atoms with van der Waals surface area (Å²) in [6.45, 7) is 1.91. The minimum absolute atomic E-state index is 0.611. The van der Waals surface area contributed by atoms with E-state index in [0.717, 1.165) is 12.8 Å². The van der Waals surface area contributed by atoms with E-state index in [-0.39, 0.29) is 0 Å². The Morgan fingerprint density at radius 2 is 1.94 bits per heavy atom. The SMILES string of the molecule is CC#CCCC(CCCc1ccccc1)NC. The van der Waals surface area contributed by atoms with Crippen molar-refractivity contribution in [1.29, 1.82) is 0 Å². The fourth-order valence-corrected chi connectivity index (χ4v) is 2.00. The van der Waals surface area contributed by atoms with Crippen molar-refractivity contribution in [3.63, 3.8) is 0 Å². The molecule has 0 fully saturated rings. The molecule has 1 rings (SSSR count). The highest BCUT2D eigenvalue weighted by atomic mass is 14.9. The average molecular weight is 229 g/mol. The van der Waals surface area contributed by atoms with E-state index < -0.39 is 0 Å². The summed E-state index contributed by atoms with van der Waals surface area (Å²) in [5, 5.41) is 3.38. The summed E-state index contributed by atoms with van der Waals surface area (Å²) in [5.74, 6) is 6.08. The normalized spacial score (nSPS) is 11.6. The standard InChI is InChI=1S/C16H23N/c1-3-4-6-13-16(17-2)14-9-12-15-10-7-5-8-11-15/h5,7-8,10-11,16-17H,6,9,12-14H2,1-2H3. The molecule has 0 radical (unpaired) electrons. The van der Waals surface area contributed by atoms with E-state index in [9.17, 15) is 0 Å². The zero-order valence-corrected chi connectivity index (χ0v) is 11.0. The van der Waals surface area contributed by atoms with Gasteiger partial charge in [0.1, 0.15) is 0 Å². The van der Waals surface area contributed by atoms with Crippen molar-refractivity contribution < 1.29 is 0 Å². The van der Waals surface area contributed by atoms with Crippen LogP contribution in [0.5, 0.6) is 0 Å². The van der Waals surface area contributed by atoms with Gasteiger partial charge in [-0.3, -0.25) is 0 Å². The number of hydrogen-bond donors (Lipinski definition) is 1. The summed E-state index contributed by atoms with van der Waals surface area (Å²) < 4.78 is 0. The molecular formula is C16H23N. The van der Waals surface area contributed by atoms with E-state index >= 15 is 0 Å². The van der Waals surface area contributed by atoms with E-state index in [1.54, 1.807) is 0 Å². The second-order valence-corrected chi connectivity index (χ2v) is 4.33. The van der Waals surface area contributed by atoms with E-state index in [4.69, 9.17) is 0 Å².